The summed E-state index contributed by atoms with van der Waals surface area (Å²) in [4.78, 5) is 11.3. The van der Waals surface area contributed by atoms with Gasteiger partial charge in [-0.05, 0) is 31.0 Å². The monoisotopic (exact) mass is 266 g/mol. The van der Waals surface area contributed by atoms with E-state index in [1.54, 1.807) is 7.11 Å². The normalized spacial score (nSPS) is 9.84. The number of hydrogen-bond donors (Lipinski definition) is 2. The van der Waals surface area contributed by atoms with Crippen molar-refractivity contribution in [1.82, 2.24) is 10.6 Å². The van der Waals surface area contributed by atoms with E-state index in [1.165, 1.54) is 0 Å². The van der Waals surface area contributed by atoms with Gasteiger partial charge in [-0.3, -0.25) is 0 Å². The molecule has 0 atom stereocenters. The van der Waals surface area contributed by atoms with Crippen LogP contribution in [0, 0.1) is 6.92 Å². The average molecular weight is 266 g/mol. The maximum Gasteiger partial charge on any atom is 0.314 e. The Morgan fingerprint density at radius 3 is 2.63 bits per heavy atom. The molecule has 0 heterocycles. The van der Waals surface area contributed by atoms with Gasteiger partial charge in [0.05, 0.1) is 13.7 Å². The molecule has 5 nitrogen and oxygen atoms in total. The molecular formula is C14H22N2O3. The van der Waals surface area contributed by atoms with Gasteiger partial charge in [-0.25, -0.2) is 4.79 Å². The largest absolute Gasteiger partial charge is 0.493 e. The molecule has 106 valence electrons. The highest BCUT2D eigenvalue weighted by Gasteiger charge is 2.04. The molecule has 5 heteroatoms. The summed E-state index contributed by atoms with van der Waals surface area (Å²) >= 11 is 0. The van der Waals surface area contributed by atoms with Crippen molar-refractivity contribution in [2.24, 2.45) is 0 Å². The van der Waals surface area contributed by atoms with Crippen LogP contribution in [-0.4, -0.2) is 32.8 Å². The summed E-state index contributed by atoms with van der Waals surface area (Å²) in [5.74, 6) is 1.39. The highest BCUT2D eigenvalue weighted by atomic mass is 16.5. The molecule has 19 heavy (non-hydrogen) atoms. The molecule has 1 aromatic carbocycles. The molecule has 2 amide bonds. The van der Waals surface area contributed by atoms with Gasteiger partial charge in [0.1, 0.15) is 6.61 Å². The zero-order valence-electron chi connectivity index (χ0n) is 11.8. The first kappa shape index (κ1) is 15.1. The number of nitrogens with one attached hydrogen (secondary N) is 2. The van der Waals surface area contributed by atoms with E-state index in [2.05, 4.69) is 10.6 Å². The molecule has 0 aliphatic heterocycles. The third-order valence-corrected chi connectivity index (χ3v) is 2.50. The topological polar surface area (TPSA) is 59.6 Å². The van der Waals surface area contributed by atoms with Crippen LogP contribution in [0.2, 0.25) is 0 Å². The number of amides is 2. The van der Waals surface area contributed by atoms with Crippen molar-refractivity contribution < 1.29 is 14.3 Å². The van der Waals surface area contributed by atoms with Crippen LogP contribution in [0.4, 0.5) is 4.79 Å². The quantitative estimate of drug-likeness (QED) is 0.743. The second-order valence-electron chi connectivity index (χ2n) is 4.19. The van der Waals surface area contributed by atoms with E-state index in [1.807, 2.05) is 32.0 Å². The van der Waals surface area contributed by atoms with E-state index >= 15 is 0 Å². The molecule has 0 bridgehead atoms. The van der Waals surface area contributed by atoms with Gasteiger partial charge in [-0.15, -0.1) is 0 Å². The predicted molar refractivity (Wildman–Crippen MR) is 74.9 cm³/mol. The molecule has 1 aromatic rings. The fourth-order valence-corrected chi connectivity index (χ4v) is 1.52. The van der Waals surface area contributed by atoms with Crippen molar-refractivity contribution in [1.29, 1.82) is 0 Å². The van der Waals surface area contributed by atoms with Crippen molar-refractivity contribution in [3.8, 4) is 11.5 Å². The van der Waals surface area contributed by atoms with Crippen LogP contribution in [-0.2, 0) is 0 Å². The summed E-state index contributed by atoms with van der Waals surface area (Å²) in [5, 5.41) is 5.45. The van der Waals surface area contributed by atoms with Crippen molar-refractivity contribution in [3.05, 3.63) is 23.8 Å². The summed E-state index contributed by atoms with van der Waals surface area (Å²) in [5.41, 5.74) is 1.11. The Morgan fingerprint density at radius 1 is 1.21 bits per heavy atom. The van der Waals surface area contributed by atoms with Crippen LogP contribution < -0.4 is 20.1 Å². The van der Waals surface area contributed by atoms with E-state index in [9.17, 15) is 4.79 Å². The number of rotatable bonds is 7. The summed E-state index contributed by atoms with van der Waals surface area (Å²) < 4.78 is 10.8. The lowest BCUT2D eigenvalue weighted by Crippen LogP contribution is -2.37. The van der Waals surface area contributed by atoms with Gasteiger partial charge in [0.2, 0.25) is 0 Å². The van der Waals surface area contributed by atoms with Crippen molar-refractivity contribution in [2.45, 2.75) is 20.3 Å². The third-order valence-electron chi connectivity index (χ3n) is 2.50. The van der Waals surface area contributed by atoms with Crippen molar-refractivity contribution in [3.63, 3.8) is 0 Å². The number of urea groups is 1. The van der Waals surface area contributed by atoms with E-state index in [4.69, 9.17) is 9.47 Å². The fourth-order valence-electron chi connectivity index (χ4n) is 1.52. The highest BCUT2D eigenvalue weighted by molar-refractivity contribution is 5.73. The van der Waals surface area contributed by atoms with Crippen LogP contribution in [0.25, 0.3) is 0 Å². The molecule has 0 fully saturated rings. The van der Waals surface area contributed by atoms with Gasteiger partial charge >= 0.3 is 6.03 Å². The smallest absolute Gasteiger partial charge is 0.314 e. The number of aryl methyl sites for hydroxylation is 1. The third kappa shape index (κ3) is 5.50. The molecule has 0 aliphatic carbocycles. The zero-order chi connectivity index (χ0) is 14.1. The number of methoxy groups -OCH3 is 1. The minimum absolute atomic E-state index is 0.165. The maximum absolute atomic E-state index is 11.3. The fraction of sp³-hybridized carbons (Fsp3) is 0.500. The van der Waals surface area contributed by atoms with E-state index in [0.29, 0.717) is 31.2 Å². The van der Waals surface area contributed by atoms with Gasteiger partial charge in [0.15, 0.2) is 11.5 Å². The molecule has 0 spiro atoms. The Balaban J connectivity index is 2.31. The Morgan fingerprint density at radius 2 is 1.95 bits per heavy atom. The predicted octanol–water partition coefficient (Wildman–Crippen LogP) is 2.09. The number of carbonyl (C=O) groups excluding carboxylic acids is 1. The lowest BCUT2D eigenvalue weighted by molar-refractivity contribution is 0.235. The molecule has 0 saturated heterocycles. The van der Waals surface area contributed by atoms with Crippen LogP contribution in [0.5, 0.6) is 11.5 Å². The van der Waals surface area contributed by atoms with Crippen LogP contribution >= 0.6 is 0 Å². The molecule has 0 radical (unpaired) electrons. The van der Waals surface area contributed by atoms with Gasteiger partial charge in [-0.1, -0.05) is 13.0 Å². The van der Waals surface area contributed by atoms with E-state index in [-0.39, 0.29) is 6.03 Å². The Hall–Kier alpha value is -1.91. The minimum Gasteiger partial charge on any atom is -0.493 e. The second-order valence-corrected chi connectivity index (χ2v) is 4.19. The molecule has 1 rings (SSSR count). The van der Waals surface area contributed by atoms with Crippen LogP contribution in [0.15, 0.2) is 18.2 Å². The van der Waals surface area contributed by atoms with Crippen LogP contribution in [0.1, 0.15) is 18.9 Å². The molecule has 0 aromatic heterocycles. The van der Waals surface area contributed by atoms with Crippen molar-refractivity contribution >= 4 is 6.03 Å². The molecule has 0 saturated carbocycles. The Bertz CT molecular complexity index is 408. The number of hydrogen-bond acceptors (Lipinski definition) is 3. The molecular weight excluding hydrogens is 244 g/mol. The number of benzene rings is 1. The lowest BCUT2D eigenvalue weighted by Gasteiger charge is -2.12. The lowest BCUT2D eigenvalue weighted by atomic mass is 10.2. The second kappa shape index (κ2) is 8.24. The van der Waals surface area contributed by atoms with Gasteiger partial charge < -0.3 is 20.1 Å². The highest BCUT2D eigenvalue weighted by Crippen LogP contribution is 2.27. The van der Waals surface area contributed by atoms with Gasteiger partial charge in [0, 0.05) is 6.54 Å². The average Bonchev–Trinajstić information content (AvgIpc) is 2.42. The van der Waals surface area contributed by atoms with E-state index < -0.39 is 0 Å². The van der Waals surface area contributed by atoms with Crippen molar-refractivity contribution in [2.75, 3.05) is 26.8 Å². The number of ether oxygens (including phenoxy) is 2. The Kier molecular flexibility index (Phi) is 6.57. The maximum atomic E-state index is 11.3. The number of carbonyl (C=O) groups is 1. The molecule has 0 unspecified atom stereocenters. The summed E-state index contributed by atoms with van der Waals surface area (Å²) in [6, 6.07) is 5.57. The summed E-state index contributed by atoms with van der Waals surface area (Å²) in [6.07, 6.45) is 0.921. The minimum atomic E-state index is -0.165. The summed E-state index contributed by atoms with van der Waals surface area (Å²) in [7, 11) is 1.61. The van der Waals surface area contributed by atoms with E-state index in [0.717, 1.165) is 12.0 Å². The first-order valence-electron chi connectivity index (χ1n) is 6.46. The Labute approximate surface area is 114 Å². The SMILES string of the molecule is CCCNC(=O)NCCOc1ccc(C)cc1OC. The summed E-state index contributed by atoms with van der Waals surface area (Å²) in [6.45, 7) is 5.53. The molecule has 0 aliphatic rings. The van der Waals surface area contributed by atoms with Gasteiger partial charge in [-0.2, -0.15) is 0 Å². The standard InChI is InChI=1S/C14H22N2O3/c1-4-7-15-14(17)16-8-9-19-12-6-5-11(2)10-13(12)18-3/h5-6,10H,4,7-9H2,1-3H3,(H2,15,16,17). The first-order chi connectivity index (χ1) is 9.17. The zero-order valence-corrected chi connectivity index (χ0v) is 11.8. The first-order valence-corrected chi connectivity index (χ1v) is 6.46. The molecule has 2 N–H and O–H groups in total. The van der Waals surface area contributed by atoms with Gasteiger partial charge in [0.25, 0.3) is 0 Å². The van der Waals surface area contributed by atoms with Crippen LogP contribution in [0.3, 0.4) is 0 Å².